The molecule has 0 saturated heterocycles. The molecule has 3 heterocycles. The maximum Gasteiger partial charge on any atom is 0.337 e. The van der Waals surface area contributed by atoms with Crippen LogP contribution in [0.1, 0.15) is 26.7 Å². The van der Waals surface area contributed by atoms with Crippen LogP contribution in [0.3, 0.4) is 0 Å². The number of benzene rings is 1. The van der Waals surface area contributed by atoms with Crippen molar-refractivity contribution in [2.45, 2.75) is 16.2 Å². The summed E-state index contributed by atoms with van der Waals surface area (Å²) in [4.78, 5) is 50.6. The molecule has 0 aliphatic carbocycles. The van der Waals surface area contributed by atoms with Crippen LogP contribution in [0.25, 0.3) is 0 Å². The molecular formula is C16H10NO7S2-. The molecule has 0 amide bonds. The van der Waals surface area contributed by atoms with Crippen LogP contribution in [0.5, 0.6) is 5.75 Å². The Labute approximate surface area is 154 Å². The van der Waals surface area contributed by atoms with Crippen molar-refractivity contribution in [2.24, 2.45) is 5.92 Å². The zero-order valence-corrected chi connectivity index (χ0v) is 14.8. The number of hydrogen-bond acceptors (Lipinski definition) is 9. The summed E-state index contributed by atoms with van der Waals surface area (Å²) in [6.07, 6.45) is 0. The third-order valence-corrected chi connectivity index (χ3v) is 6.73. The van der Waals surface area contributed by atoms with Crippen LogP contribution in [0.4, 0.5) is 0 Å². The standard InChI is InChI=1S/C16H11NO7S2/c1-23-14(20)5-2-3-7-6(4-5)8-9(15(21)24-7)11(13(18)19)25-12-10(8)26-16(22)17-12/h2-4,8-9,11H,1H3,(H,17,22)(H,18,19)/p-1/t8-,9+,11+/m0/s1. The fourth-order valence-electron chi connectivity index (χ4n) is 3.25. The first-order chi connectivity index (χ1) is 12.4. The smallest absolute Gasteiger partial charge is 0.337 e. The number of carboxylic acid groups (broad SMARTS) is 1. The maximum atomic E-state index is 12.5. The van der Waals surface area contributed by atoms with Crippen molar-refractivity contribution >= 4 is 41.0 Å². The molecule has 10 heteroatoms. The SMILES string of the molecule is COC(=O)c1ccc2c(c1)[C@@H]1c3sc(=O)[nH]c3S[C@@H](C(=O)[O-])[C@@H]1C(=O)O2. The van der Waals surface area contributed by atoms with E-state index in [0.717, 1.165) is 23.1 Å². The number of thioether (sulfide) groups is 1. The Morgan fingerprint density at radius 2 is 2.08 bits per heavy atom. The minimum Gasteiger partial charge on any atom is -0.549 e. The molecule has 1 aromatic heterocycles. The predicted molar refractivity (Wildman–Crippen MR) is 88.3 cm³/mol. The van der Waals surface area contributed by atoms with Crippen molar-refractivity contribution < 1.29 is 29.0 Å². The van der Waals surface area contributed by atoms with Gasteiger partial charge in [-0.1, -0.05) is 23.1 Å². The molecule has 0 radical (unpaired) electrons. The zero-order valence-electron chi connectivity index (χ0n) is 13.1. The molecule has 1 N–H and O–H groups in total. The molecule has 1 aromatic carbocycles. The van der Waals surface area contributed by atoms with Gasteiger partial charge in [0, 0.05) is 16.4 Å². The Morgan fingerprint density at radius 3 is 2.77 bits per heavy atom. The van der Waals surface area contributed by atoms with Crippen molar-refractivity contribution in [3.8, 4) is 5.75 Å². The van der Waals surface area contributed by atoms with E-state index in [-0.39, 0.29) is 16.2 Å². The van der Waals surface area contributed by atoms with Gasteiger partial charge in [0.2, 0.25) is 0 Å². The van der Waals surface area contributed by atoms with Gasteiger partial charge in [-0.2, -0.15) is 0 Å². The normalized spacial score (nSPS) is 23.3. The van der Waals surface area contributed by atoms with E-state index >= 15 is 0 Å². The number of fused-ring (bicyclic) bond motifs is 5. The predicted octanol–water partition coefficient (Wildman–Crippen LogP) is 0.114. The number of carbonyl (C=O) groups is 3. The summed E-state index contributed by atoms with van der Waals surface area (Å²) in [6, 6.07) is 4.41. The van der Waals surface area contributed by atoms with Gasteiger partial charge in [-0.25, -0.2) is 4.79 Å². The van der Waals surface area contributed by atoms with Crippen LogP contribution in [0.2, 0.25) is 0 Å². The molecular weight excluding hydrogens is 382 g/mol. The molecule has 4 rings (SSSR count). The zero-order chi connectivity index (χ0) is 18.6. The summed E-state index contributed by atoms with van der Waals surface area (Å²) in [5.41, 5.74) is 0.691. The summed E-state index contributed by atoms with van der Waals surface area (Å²) >= 11 is 1.77. The van der Waals surface area contributed by atoms with E-state index < -0.39 is 35.0 Å². The summed E-state index contributed by atoms with van der Waals surface area (Å²) in [5.74, 6) is -4.28. The van der Waals surface area contributed by atoms with Gasteiger partial charge < -0.3 is 24.4 Å². The number of hydrogen-bond donors (Lipinski definition) is 1. The van der Waals surface area contributed by atoms with Gasteiger partial charge >= 0.3 is 16.8 Å². The van der Waals surface area contributed by atoms with E-state index in [4.69, 9.17) is 9.47 Å². The Kier molecular flexibility index (Phi) is 3.88. The number of H-pyrrole nitrogens is 1. The molecule has 0 unspecified atom stereocenters. The molecule has 2 aliphatic heterocycles. The number of methoxy groups -OCH3 is 1. The molecule has 0 fully saturated rings. The highest BCUT2D eigenvalue weighted by Crippen LogP contribution is 2.53. The molecule has 26 heavy (non-hydrogen) atoms. The second kappa shape index (κ2) is 5.99. The highest BCUT2D eigenvalue weighted by Gasteiger charge is 2.49. The summed E-state index contributed by atoms with van der Waals surface area (Å²) < 4.78 is 10.0. The number of aliphatic carboxylic acids is 1. The number of aromatic nitrogens is 1. The Hall–Kier alpha value is -2.59. The van der Waals surface area contributed by atoms with E-state index in [0.29, 0.717) is 15.5 Å². The van der Waals surface area contributed by atoms with Crippen LogP contribution in [0.15, 0.2) is 28.0 Å². The molecule has 8 nitrogen and oxygen atoms in total. The first-order valence-corrected chi connectivity index (χ1v) is 9.14. The molecule has 0 bridgehead atoms. The number of esters is 2. The monoisotopic (exact) mass is 392 g/mol. The molecule has 2 aromatic rings. The van der Waals surface area contributed by atoms with Crippen molar-refractivity contribution in [3.63, 3.8) is 0 Å². The second-order valence-corrected chi connectivity index (χ2v) is 7.90. The van der Waals surface area contributed by atoms with E-state index in [1.165, 1.54) is 25.3 Å². The van der Waals surface area contributed by atoms with Gasteiger partial charge in [0.05, 0.1) is 34.8 Å². The largest absolute Gasteiger partial charge is 0.549 e. The molecule has 0 spiro atoms. The van der Waals surface area contributed by atoms with Crippen LogP contribution in [-0.2, 0) is 14.3 Å². The lowest BCUT2D eigenvalue weighted by Crippen LogP contribution is -2.48. The van der Waals surface area contributed by atoms with E-state index in [1.807, 2.05) is 0 Å². The third-order valence-electron chi connectivity index (χ3n) is 4.34. The Morgan fingerprint density at radius 1 is 1.31 bits per heavy atom. The number of nitrogens with one attached hydrogen (secondary N) is 1. The molecule has 2 aliphatic rings. The van der Waals surface area contributed by atoms with Gasteiger partial charge in [0.15, 0.2) is 0 Å². The van der Waals surface area contributed by atoms with Crippen LogP contribution in [0, 0.1) is 5.92 Å². The Bertz CT molecular complexity index is 1010. The molecule has 0 saturated carbocycles. The summed E-state index contributed by atoms with van der Waals surface area (Å²) in [6.45, 7) is 0. The molecule has 3 atom stereocenters. The van der Waals surface area contributed by atoms with Crippen molar-refractivity contribution in [1.82, 2.24) is 4.98 Å². The number of thiazole rings is 1. The van der Waals surface area contributed by atoms with Gasteiger partial charge in [0.1, 0.15) is 5.75 Å². The topological polar surface area (TPSA) is 126 Å². The summed E-state index contributed by atoms with van der Waals surface area (Å²) in [7, 11) is 1.24. The van der Waals surface area contributed by atoms with Crippen LogP contribution >= 0.6 is 23.1 Å². The lowest BCUT2D eigenvalue weighted by Gasteiger charge is -2.39. The number of carboxylic acids is 1. The van der Waals surface area contributed by atoms with Gasteiger partial charge in [-0.3, -0.25) is 9.59 Å². The average molecular weight is 392 g/mol. The first kappa shape index (κ1) is 16.9. The highest BCUT2D eigenvalue weighted by atomic mass is 32.2. The van der Waals surface area contributed by atoms with Crippen molar-refractivity contribution in [3.05, 3.63) is 43.9 Å². The van der Waals surface area contributed by atoms with E-state index in [2.05, 4.69) is 4.98 Å². The Balaban J connectivity index is 1.95. The number of aromatic amines is 1. The lowest BCUT2D eigenvalue weighted by atomic mass is 9.79. The third kappa shape index (κ3) is 2.44. The first-order valence-electron chi connectivity index (χ1n) is 7.45. The van der Waals surface area contributed by atoms with E-state index in [9.17, 15) is 24.3 Å². The number of rotatable bonds is 2. The highest BCUT2D eigenvalue weighted by molar-refractivity contribution is 8.00. The second-order valence-electron chi connectivity index (χ2n) is 5.73. The van der Waals surface area contributed by atoms with Gasteiger partial charge in [-0.05, 0) is 18.2 Å². The fourth-order valence-corrected chi connectivity index (χ4v) is 5.64. The quantitative estimate of drug-likeness (QED) is 0.564. The number of ether oxygens (including phenoxy) is 2. The van der Waals surface area contributed by atoms with Gasteiger partial charge in [0.25, 0.3) is 0 Å². The fraction of sp³-hybridized carbons (Fsp3) is 0.250. The number of carbonyl (C=O) groups excluding carboxylic acids is 3. The van der Waals surface area contributed by atoms with Crippen molar-refractivity contribution in [1.29, 1.82) is 0 Å². The minimum atomic E-state index is -1.42. The maximum absolute atomic E-state index is 12.5. The average Bonchev–Trinajstić information content (AvgIpc) is 2.99. The van der Waals surface area contributed by atoms with Crippen molar-refractivity contribution in [2.75, 3.05) is 7.11 Å². The lowest BCUT2D eigenvalue weighted by molar-refractivity contribution is -0.306. The summed E-state index contributed by atoms with van der Waals surface area (Å²) in [5, 5.41) is 10.8. The van der Waals surface area contributed by atoms with E-state index in [1.54, 1.807) is 0 Å². The minimum absolute atomic E-state index is 0.222. The van der Waals surface area contributed by atoms with Crippen LogP contribution < -0.4 is 14.7 Å². The van der Waals surface area contributed by atoms with Gasteiger partial charge in [-0.15, -0.1) is 0 Å². The molecule has 134 valence electrons. The van der Waals surface area contributed by atoms with Crippen LogP contribution in [-0.4, -0.2) is 35.3 Å².